The van der Waals surface area contributed by atoms with E-state index in [0.29, 0.717) is 23.3 Å². The fraction of sp³-hybridized carbons (Fsp3) is 0.500. The van der Waals surface area contributed by atoms with E-state index in [-0.39, 0.29) is 12.5 Å². The lowest BCUT2D eigenvalue weighted by Gasteiger charge is -2.23. The predicted octanol–water partition coefficient (Wildman–Crippen LogP) is 2.08. The standard InChI is InChI=1S/C14H20FN3O/c1-9(10-3-4-10)18(2)8-14(19)17-13-7-11(15)5-6-12(13)16/h5-7,9-10H,3-4,8,16H2,1-2H3,(H,17,19). The molecular weight excluding hydrogens is 245 g/mol. The number of nitrogens with two attached hydrogens (primary N) is 1. The van der Waals surface area contributed by atoms with Crippen LogP contribution in [0.5, 0.6) is 0 Å². The van der Waals surface area contributed by atoms with Gasteiger partial charge in [0.1, 0.15) is 5.82 Å². The molecule has 1 atom stereocenters. The van der Waals surface area contributed by atoms with Gasteiger partial charge in [0.25, 0.3) is 0 Å². The Morgan fingerprint density at radius 1 is 1.58 bits per heavy atom. The zero-order valence-corrected chi connectivity index (χ0v) is 11.3. The van der Waals surface area contributed by atoms with Crippen molar-refractivity contribution in [1.82, 2.24) is 4.90 Å². The quantitative estimate of drug-likeness (QED) is 0.801. The molecule has 0 aromatic heterocycles. The van der Waals surface area contributed by atoms with Gasteiger partial charge in [-0.3, -0.25) is 9.69 Å². The molecule has 1 aromatic rings. The summed E-state index contributed by atoms with van der Waals surface area (Å²) in [6, 6.07) is 4.35. The molecule has 1 fully saturated rings. The fourth-order valence-corrected chi connectivity index (χ4v) is 2.14. The number of halogens is 1. The molecule has 1 saturated carbocycles. The van der Waals surface area contributed by atoms with Crippen LogP contribution < -0.4 is 11.1 Å². The van der Waals surface area contributed by atoms with Crippen molar-refractivity contribution in [3.63, 3.8) is 0 Å². The van der Waals surface area contributed by atoms with Gasteiger partial charge in [-0.15, -0.1) is 0 Å². The molecule has 19 heavy (non-hydrogen) atoms. The van der Waals surface area contributed by atoms with E-state index in [1.165, 1.54) is 31.0 Å². The van der Waals surface area contributed by atoms with E-state index in [9.17, 15) is 9.18 Å². The molecule has 2 rings (SSSR count). The van der Waals surface area contributed by atoms with Crippen LogP contribution in [0.1, 0.15) is 19.8 Å². The number of rotatable bonds is 5. The van der Waals surface area contributed by atoms with Gasteiger partial charge in [0.15, 0.2) is 0 Å². The van der Waals surface area contributed by atoms with E-state index in [0.717, 1.165) is 0 Å². The number of anilines is 2. The van der Waals surface area contributed by atoms with Gasteiger partial charge < -0.3 is 11.1 Å². The zero-order valence-electron chi connectivity index (χ0n) is 11.3. The van der Waals surface area contributed by atoms with Crippen molar-refractivity contribution in [2.75, 3.05) is 24.6 Å². The third-order valence-electron chi connectivity index (χ3n) is 3.68. The molecule has 0 heterocycles. The van der Waals surface area contributed by atoms with Gasteiger partial charge in [-0.05, 0) is 50.9 Å². The molecule has 1 unspecified atom stereocenters. The van der Waals surface area contributed by atoms with Crippen molar-refractivity contribution >= 4 is 17.3 Å². The van der Waals surface area contributed by atoms with E-state index in [2.05, 4.69) is 12.2 Å². The Hall–Kier alpha value is -1.62. The Morgan fingerprint density at radius 3 is 2.89 bits per heavy atom. The number of likely N-dealkylation sites (N-methyl/N-ethyl adjacent to an activating group) is 1. The summed E-state index contributed by atoms with van der Waals surface area (Å²) in [5.41, 5.74) is 6.39. The summed E-state index contributed by atoms with van der Waals surface area (Å²) >= 11 is 0. The van der Waals surface area contributed by atoms with Crippen molar-refractivity contribution in [1.29, 1.82) is 0 Å². The molecule has 0 aliphatic heterocycles. The summed E-state index contributed by atoms with van der Waals surface area (Å²) in [7, 11) is 1.93. The van der Waals surface area contributed by atoms with Crippen molar-refractivity contribution in [2.24, 2.45) is 5.92 Å². The maximum absolute atomic E-state index is 13.1. The molecule has 1 aromatic carbocycles. The van der Waals surface area contributed by atoms with Crippen LogP contribution in [0.2, 0.25) is 0 Å². The maximum atomic E-state index is 13.1. The Kier molecular flexibility index (Phi) is 4.04. The Morgan fingerprint density at radius 2 is 2.26 bits per heavy atom. The molecule has 0 radical (unpaired) electrons. The maximum Gasteiger partial charge on any atom is 0.238 e. The van der Waals surface area contributed by atoms with Gasteiger partial charge in [0.2, 0.25) is 5.91 Å². The van der Waals surface area contributed by atoms with Crippen molar-refractivity contribution in [3.8, 4) is 0 Å². The normalized spacial score (nSPS) is 16.4. The van der Waals surface area contributed by atoms with Gasteiger partial charge in [0, 0.05) is 6.04 Å². The molecule has 5 heteroatoms. The number of nitrogens with one attached hydrogen (secondary N) is 1. The Labute approximate surface area is 112 Å². The third kappa shape index (κ3) is 3.67. The fourth-order valence-electron chi connectivity index (χ4n) is 2.14. The molecule has 3 N–H and O–H groups in total. The van der Waals surface area contributed by atoms with Crippen LogP contribution in [-0.2, 0) is 4.79 Å². The topological polar surface area (TPSA) is 58.4 Å². The highest BCUT2D eigenvalue weighted by atomic mass is 19.1. The molecule has 0 bridgehead atoms. The second-order valence-corrected chi connectivity index (χ2v) is 5.27. The summed E-state index contributed by atoms with van der Waals surface area (Å²) in [6.07, 6.45) is 2.48. The second-order valence-electron chi connectivity index (χ2n) is 5.27. The van der Waals surface area contributed by atoms with Gasteiger partial charge in [-0.2, -0.15) is 0 Å². The second kappa shape index (κ2) is 5.57. The average molecular weight is 265 g/mol. The van der Waals surface area contributed by atoms with E-state index >= 15 is 0 Å². The minimum Gasteiger partial charge on any atom is -0.397 e. The number of hydrogen-bond donors (Lipinski definition) is 2. The van der Waals surface area contributed by atoms with Crippen LogP contribution in [0.25, 0.3) is 0 Å². The number of carbonyl (C=O) groups excluding carboxylic acids is 1. The van der Waals surface area contributed by atoms with Gasteiger partial charge in [-0.25, -0.2) is 4.39 Å². The molecule has 4 nitrogen and oxygen atoms in total. The van der Waals surface area contributed by atoms with Crippen LogP contribution in [0.3, 0.4) is 0 Å². The third-order valence-corrected chi connectivity index (χ3v) is 3.68. The van der Waals surface area contributed by atoms with Crippen molar-refractivity contribution < 1.29 is 9.18 Å². The number of benzene rings is 1. The summed E-state index contributed by atoms with van der Waals surface area (Å²) < 4.78 is 13.1. The van der Waals surface area contributed by atoms with Crippen LogP contribution in [0.4, 0.5) is 15.8 Å². The Bertz CT molecular complexity index is 474. The molecule has 1 aliphatic rings. The van der Waals surface area contributed by atoms with Crippen LogP contribution in [-0.4, -0.2) is 30.4 Å². The van der Waals surface area contributed by atoms with Gasteiger partial charge >= 0.3 is 0 Å². The van der Waals surface area contributed by atoms with E-state index in [4.69, 9.17) is 5.73 Å². The summed E-state index contributed by atoms with van der Waals surface area (Å²) in [4.78, 5) is 13.9. The first-order valence-electron chi connectivity index (χ1n) is 6.52. The number of carbonyl (C=O) groups is 1. The minimum absolute atomic E-state index is 0.174. The lowest BCUT2D eigenvalue weighted by molar-refractivity contribution is -0.117. The summed E-state index contributed by atoms with van der Waals surface area (Å²) in [6.45, 7) is 2.41. The van der Waals surface area contributed by atoms with E-state index < -0.39 is 5.82 Å². The summed E-state index contributed by atoms with van der Waals surface area (Å²) in [5.74, 6) is 0.119. The van der Waals surface area contributed by atoms with E-state index in [1.54, 1.807) is 0 Å². The zero-order chi connectivity index (χ0) is 14.0. The average Bonchev–Trinajstić information content (AvgIpc) is 3.16. The predicted molar refractivity (Wildman–Crippen MR) is 74.3 cm³/mol. The molecule has 104 valence electrons. The molecule has 0 spiro atoms. The lowest BCUT2D eigenvalue weighted by atomic mass is 10.2. The number of hydrogen-bond acceptors (Lipinski definition) is 3. The number of nitrogen functional groups attached to an aromatic ring is 1. The van der Waals surface area contributed by atoms with Crippen LogP contribution >= 0.6 is 0 Å². The minimum atomic E-state index is -0.413. The summed E-state index contributed by atoms with van der Waals surface area (Å²) in [5, 5.41) is 2.65. The highest BCUT2D eigenvalue weighted by Gasteiger charge is 2.30. The highest BCUT2D eigenvalue weighted by Crippen LogP contribution is 2.34. The van der Waals surface area contributed by atoms with Crippen LogP contribution in [0, 0.1) is 11.7 Å². The molecular formula is C14H20FN3O. The molecule has 1 amide bonds. The van der Waals surface area contributed by atoms with E-state index in [1.807, 2.05) is 11.9 Å². The first-order chi connectivity index (χ1) is 8.97. The van der Waals surface area contributed by atoms with Crippen molar-refractivity contribution in [2.45, 2.75) is 25.8 Å². The lowest BCUT2D eigenvalue weighted by Crippen LogP contribution is -2.37. The molecule has 1 aliphatic carbocycles. The SMILES string of the molecule is CC(C1CC1)N(C)CC(=O)Nc1cc(F)ccc1N. The first-order valence-corrected chi connectivity index (χ1v) is 6.52. The largest absolute Gasteiger partial charge is 0.397 e. The van der Waals surface area contributed by atoms with Crippen molar-refractivity contribution in [3.05, 3.63) is 24.0 Å². The van der Waals surface area contributed by atoms with Gasteiger partial charge in [0.05, 0.1) is 17.9 Å². The highest BCUT2D eigenvalue weighted by molar-refractivity contribution is 5.95. The smallest absolute Gasteiger partial charge is 0.238 e. The van der Waals surface area contributed by atoms with Gasteiger partial charge in [-0.1, -0.05) is 0 Å². The monoisotopic (exact) mass is 265 g/mol. The number of amides is 1. The number of nitrogens with zero attached hydrogens (tertiary/aromatic N) is 1. The van der Waals surface area contributed by atoms with Crippen LogP contribution in [0.15, 0.2) is 18.2 Å². The molecule has 0 saturated heterocycles. The Balaban J connectivity index is 1.91. The first kappa shape index (κ1) is 13.8.